The van der Waals surface area contributed by atoms with E-state index in [9.17, 15) is 18.0 Å². The molecule has 0 aliphatic rings. The number of nitrogens with one attached hydrogen (secondary N) is 1. The Balaban J connectivity index is 2.15. The number of aryl methyl sites for hydroxylation is 1. The highest BCUT2D eigenvalue weighted by atomic mass is 32.2. The fourth-order valence-corrected chi connectivity index (χ4v) is 2.90. The average molecular weight is 320 g/mol. The SMILES string of the molecule is CC(=O)c1ccc(S(=O)(=O)NCc2ccc(=O)n(C)c2)cc1. The van der Waals surface area contributed by atoms with Crippen molar-refractivity contribution in [2.45, 2.75) is 18.4 Å². The summed E-state index contributed by atoms with van der Waals surface area (Å²) in [7, 11) is -2.07. The summed E-state index contributed by atoms with van der Waals surface area (Å²) in [5, 5.41) is 0. The van der Waals surface area contributed by atoms with Crippen LogP contribution in [0, 0.1) is 0 Å². The van der Waals surface area contributed by atoms with E-state index in [1.807, 2.05) is 0 Å². The first kappa shape index (κ1) is 16.1. The number of pyridine rings is 1. The van der Waals surface area contributed by atoms with Crippen LogP contribution >= 0.6 is 0 Å². The first-order valence-electron chi connectivity index (χ1n) is 6.56. The quantitative estimate of drug-likeness (QED) is 0.835. The number of carbonyl (C=O) groups excluding carboxylic acids is 1. The van der Waals surface area contributed by atoms with Gasteiger partial charge in [0.05, 0.1) is 4.90 Å². The number of carbonyl (C=O) groups is 1. The summed E-state index contributed by atoms with van der Waals surface area (Å²) in [5.41, 5.74) is 0.967. The minimum atomic E-state index is -3.67. The lowest BCUT2D eigenvalue weighted by Gasteiger charge is -2.08. The van der Waals surface area contributed by atoms with Crippen LogP contribution in [0.5, 0.6) is 0 Å². The molecule has 0 atom stereocenters. The van der Waals surface area contributed by atoms with Gasteiger partial charge in [-0.2, -0.15) is 0 Å². The standard InChI is InChI=1S/C15H16N2O4S/c1-11(18)13-4-6-14(7-5-13)22(20,21)16-9-12-3-8-15(19)17(2)10-12/h3-8,10,16H,9H2,1-2H3. The van der Waals surface area contributed by atoms with Crippen LogP contribution in [0.2, 0.25) is 0 Å². The lowest BCUT2D eigenvalue weighted by Crippen LogP contribution is -2.24. The Hall–Kier alpha value is -2.25. The molecular weight excluding hydrogens is 304 g/mol. The zero-order valence-electron chi connectivity index (χ0n) is 12.2. The van der Waals surface area contributed by atoms with E-state index < -0.39 is 10.0 Å². The van der Waals surface area contributed by atoms with Gasteiger partial charge in [0.2, 0.25) is 15.6 Å². The van der Waals surface area contributed by atoms with E-state index in [-0.39, 0.29) is 22.8 Å². The van der Waals surface area contributed by atoms with Crippen LogP contribution in [0.3, 0.4) is 0 Å². The van der Waals surface area contributed by atoms with E-state index in [1.165, 1.54) is 41.8 Å². The second-order valence-corrected chi connectivity index (χ2v) is 6.66. The fraction of sp³-hybridized carbons (Fsp3) is 0.200. The van der Waals surface area contributed by atoms with Gasteiger partial charge in [0.1, 0.15) is 0 Å². The number of sulfonamides is 1. The second kappa shape index (κ2) is 6.25. The van der Waals surface area contributed by atoms with E-state index >= 15 is 0 Å². The minimum Gasteiger partial charge on any atom is -0.318 e. The molecule has 0 aliphatic carbocycles. The highest BCUT2D eigenvalue weighted by Gasteiger charge is 2.14. The zero-order valence-corrected chi connectivity index (χ0v) is 13.1. The predicted octanol–water partition coefficient (Wildman–Crippen LogP) is 1.07. The smallest absolute Gasteiger partial charge is 0.250 e. The third kappa shape index (κ3) is 3.69. The zero-order chi connectivity index (χ0) is 16.3. The number of nitrogens with zero attached hydrogens (tertiary/aromatic N) is 1. The maximum absolute atomic E-state index is 12.2. The molecule has 116 valence electrons. The molecule has 1 aromatic carbocycles. The van der Waals surface area contributed by atoms with E-state index in [4.69, 9.17) is 0 Å². The van der Waals surface area contributed by atoms with Crippen molar-refractivity contribution in [2.24, 2.45) is 7.05 Å². The Bertz CT molecular complexity index is 852. The van der Waals surface area contributed by atoms with Crippen LogP contribution < -0.4 is 10.3 Å². The van der Waals surface area contributed by atoms with Gasteiger partial charge in [0.25, 0.3) is 0 Å². The van der Waals surface area contributed by atoms with E-state index in [0.717, 1.165) is 0 Å². The number of Topliss-reactive ketones (excluding diaryl/α,β-unsaturated/α-hetero) is 1. The topological polar surface area (TPSA) is 85.2 Å². The van der Waals surface area contributed by atoms with Crippen molar-refractivity contribution in [1.29, 1.82) is 0 Å². The molecule has 0 aliphatic heterocycles. The van der Waals surface area contributed by atoms with Gasteiger partial charge in [0, 0.05) is 31.4 Å². The highest BCUT2D eigenvalue weighted by Crippen LogP contribution is 2.11. The Morgan fingerprint density at radius 2 is 1.77 bits per heavy atom. The van der Waals surface area contributed by atoms with Crippen LogP contribution in [-0.4, -0.2) is 18.8 Å². The number of hydrogen-bond acceptors (Lipinski definition) is 4. The van der Waals surface area contributed by atoms with Gasteiger partial charge < -0.3 is 4.57 Å². The largest absolute Gasteiger partial charge is 0.318 e. The predicted molar refractivity (Wildman–Crippen MR) is 82.2 cm³/mol. The molecule has 2 aromatic rings. The minimum absolute atomic E-state index is 0.0743. The summed E-state index contributed by atoms with van der Waals surface area (Å²) in [6.45, 7) is 1.49. The molecule has 0 radical (unpaired) electrons. The number of ketones is 1. The third-order valence-corrected chi connectivity index (χ3v) is 4.60. The van der Waals surface area contributed by atoms with Gasteiger partial charge in [-0.1, -0.05) is 18.2 Å². The second-order valence-electron chi connectivity index (χ2n) is 4.89. The summed E-state index contributed by atoms with van der Waals surface area (Å²) in [6, 6.07) is 8.68. The molecule has 0 spiro atoms. The van der Waals surface area contributed by atoms with Crippen molar-refractivity contribution in [3.05, 3.63) is 64.1 Å². The van der Waals surface area contributed by atoms with Crippen molar-refractivity contribution in [3.8, 4) is 0 Å². The van der Waals surface area contributed by atoms with Crippen molar-refractivity contribution in [2.75, 3.05) is 0 Å². The van der Waals surface area contributed by atoms with Crippen LogP contribution in [0.15, 0.2) is 52.3 Å². The molecular formula is C15H16N2O4S. The molecule has 1 N–H and O–H groups in total. The molecule has 0 unspecified atom stereocenters. The molecule has 6 nitrogen and oxygen atoms in total. The van der Waals surface area contributed by atoms with Gasteiger partial charge in [-0.15, -0.1) is 0 Å². The average Bonchev–Trinajstić information content (AvgIpc) is 2.48. The number of rotatable bonds is 5. The fourth-order valence-electron chi connectivity index (χ4n) is 1.89. The Kier molecular flexibility index (Phi) is 4.58. The Morgan fingerprint density at radius 1 is 1.14 bits per heavy atom. The highest BCUT2D eigenvalue weighted by molar-refractivity contribution is 7.89. The maximum atomic E-state index is 12.2. The van der Waals surface area contributed by atoms with Gasteiger partial charge in [-0.25, -0.2) is 13.1 Å². The first-order valence-corrected chi connectivity index (χ1v) is 8.04. The number of hydrogen-bond donors (Lipinski definition) is 1. The molecule has 0 saturated heterocycles. The van der Waals surface area contributed by atoms with Crippen molar-refractivity contribution < 1.29 is 13.2 Å². The molecule has 7 heteroatoms. The summed E-state index contributed by atoms with van der Waals surface area (Å²) in [5.74, 6) is -0.123. The summed E-state index contributed by atoms with van der Waals surface area (Å²) >= 11 is 0. The molecule has 0 bridgehead atoms. The molecule has 0 amide bonds. The third-order valence-electron chi connectivity index (χ3n) is 3.18. The lowest BCUT2D eigenvalue weighted by atomic mass is 10.2. The van der Waals surface area contributed by atoms with E-state index in [1.54, 1.807) is 19.3 Å². The molecule has 0 saturated carbocycles. The molecule has 22 heavy (non-hydrogen) atoms. The number of benzene rings is 1. The molecule has 1 heterocycles. The van der Waals surface area contributed by atoms with Gasteiger partial charge >= 0.3 is 0 Å². The van der Waals surface area contributed by atoms with E-state index in [2.05, 4.69) is 4.72 Å². The molecule has 2 rings (SSSR count). The normalized spacial score (nSPS) is 11.4. The van der Waals surface area contributed by atoms with Gasteiger partial charge in [0.15, 0.2) is 5.78 Å². The Morgan fingerprint density at radius 3 is 2.32 bits per heavy atom. The first-order chi connectivity index (χ1) is 10.3. The summed E-state index contributed by atoms with van der Waals surface area (Å²) in [4.78, 5) is 22.5. The molecule has 1 aromatic heterocycles. The Labute approximate surface area is 128 Å². The van der Waals surface area contributed by atoms with Gasteiger partial charge in [-0.3, -0.25) is 9.59 Å². The monoisotopic (exact) mass is 320 g/mol. The van der Waals surface area contributed by atoms with Crippen LogP contribution in [-0.2, 0) is 23.6 Å². The van der Waals surface area contributed by atoms with Crippen molar-refractivity contribution in [1.82, 2.24) is 9.29 Å². The molecule has 0 fully saturated rings. The summed E-state index contributed by atoms with van der Waals surface area (Å²) in [6.07, 6.45) is 1.57. The lowest BCUT2D eigenvalue weighted by molar-refractivity contribution is 0.101. The van der Waals surface area contributed by atoms with E-state index in [0.29, 0.717) is 11.1 Å². The van der Waals surface area contributed by atoms with Gasteiger partial charge in [-0.05, 0) is 24.6 Å². The van der Waals surface area contributed by atoms with Crippen molar-refractivity contribution in [3.63, 3.8) is 0 Å². The maximum Gasteiger partial charge on any atom is 0.250 e. The van der Waals surface area contributed by atoms with Crippen molar-refractivity contribution >= 4 is 15.8 Å². The summed E-state index contributed by atoms with van der Waals surface area (Å²) < 4.78 is 28.2. The van der Waals surface area contributed by atoms with Crippen LogP contribution in [0.4, 0.5) is 0 Å². The van der Waals surface area contributed by atoms with Crippen LogP contribution in [0.25, 0.3) is 0 Å². The van der Waals surface area contributed by atoms with Crippen LogP contribution in [0.1, 0.15) is 22.8 Å². The number of aromatic nitrogens is 1.